The number of cyclic esters (lactones) is 1. The zero-order valence-electron chi connectivity index (χ0n) is 21.0. The zero-order chi connectivity index (χ0) is 24.7. The maximum atomic E-state index is 13.2. The number of hydrogen-bond donors (Lipinski definition) is 1. The average molecular weight is 488 g/mol. The quantitative estimate of drug-likeness (QED) is 0.560. The minimum Gasteiger partial charge on any atom is -0.462 e. The van der Waals surface area contributed by atoms with E-state index in [0.717, 1.165) is 56.1 Å². The fourth-order valence-electron chi connectivity index (χ4n) is 6.86. The van der Waals surface area contributed by atoms with Crippen LogP contribution in [0.1, 0.15) is 79.0 Å². The molecule has 190 valence electrons. The van der Waals surface area contributed by atoms with Crippen LogP contribution in [0.5, 0.6) is 0 Å². The monoisotopic (exact) mass is 487 g/mol. The third-order valence-electron chi connectivity index (χ3n) is 9.33. The van der Waals surface area contributed by atoms with Gasteiger partial charge in [0.2, 0.25) is 0 Å². The molecule has 4 fully saturated rings. The molecule has 2 saturated heterocycles. The van der Waals surface area contributed by atoms with Gasteiger partial charge in [-0.3, -0.25) is 9.59 Å². The van der Waals surface area contributed by atoms with E-state index in [1.165, 1.54) is 18.4 Å². The van der Waals surface area contributed by atoms with Gasteiger partial charge in [-0.2, -0.15) is 0 Å². The van der Waals surface area contributed by atoms with Crippen molar-refractivity contribution in [1.82, 2.24) is 4.90 Å². The number of nitrogens with zero attached hydrogens (tertiary/aromatic N) is 1. The lowest BCUT2D eigenvalue weighted by atomic mass is 9.75. The number of piperidine rings is 1. The maximum absolute atomic E-state index is 13.2. The van der Waals surface area contributed by atoms with Gasteiger partial charge >= 0.3 is 5.97 Å². The molecule has 2 aromatic carbocycles. The Hall–Kier alpha value is -2.66. The fraction of sp³-hybridized carbons (Fsp3) is 0.548. The number of carbonyl (C=O) groups is 2. The highest BCUT2D eigenvalue weighted by atomic mass is 16.6. The van der Waals surface area contributed by atoms with E-state index in [1.54, 1.807) is 0 Å². The normalized spacial score (nSPS) is 28.3. The van der Waals surface area contributed by atoms with Crippen LogP contribution in [0.15, 0.2) is 54.6 Å². The van der Waals surface area contributed by atoms with Gasteiger partial charge in [0.05, 0.1) is 11.5 Å². The lowest BCUT2D eigenvalue weighted by Crippen LogP contribution is -2.45. The minimum atomic E-state index is -0.384. The van der Waals surface area contributed by atoms with Gasteiger partial charge in [0.15, 0.2) is 0 Å². The van der Waals surface area contributed by atoms with Gasteiger partial charge < -0.3 is 14.7 Å². The van der Waals surface area contributed by atoms with E-state index in [4.69, 9.17) is 4.74 Å². The summed E-state index contributed by atoms with van der Waals surface area (Å²) in [4.78, 5) is 27.7. The number of rotatable bonds is 6. The van der Waals surface area contributed by atoms with Crippen molar-refractivity contribution < 1.29 is 19.4 Å². The van der Waals surface area contributed by atoms with Gasteiger partial charge in [-0.1, -0.05) is 42.5 Å². The molecule has 2 saturated carbocycles. The highest BCUT2D eigenvalue weighted by Gasteiger charge is 2.54. The van der Waals surface area contributed by atoms with E-state index in [0.29, 0.717) is 30.8 Å². The van der Waals surface area contributed by atoms with Crippen molar-refractivity contribution in [1.29, 1.82) is 0 Å². The maximum Gasteiger partial charge on any atom is 0.312 e. The lowest BCUT2D eigenvalue weighted by molar-refractivity contribution is -0.151. The van der Waals surface area contributed by atoms with Crippen LogP contribution in [0, 0.1) is 23.2 Å². The van der Waals surface area contributed by atoms with Crippen molar-refractivity contribution in [2.24, 2.45) is 23.2 Å². The Morgan fingerprint density at radius 1 is 1.00 bits per heavy atom. The molecule has 1 spiro atoms. The Balaban J connectivity index is 1.01. The number of esters is 1. The van der Waals surface area contributed by atoms with Gasteiger partial charge in [0.1, 0.15) is 6.10 Å². The highest BCUT2D eigenvalue weighted by molar-refractivity contribution is 5.94. The number of benzene rings is 2. The molecule has 1 amide bonds. The van der Waals surface area contributed by atoms with Gasteiger partial charge in [0.25, 0.3) is 5.91 Å². The molecule has 6 rings (SSSR count). The Morgan fingerprint density at radius 2 is 1.72 bits per heavy atom. The number of carbonyl (C=O) groups excluding carboxylic acids is 2. The van der Waals surface area contributed by atoms with Crippen molar-refractivity contribution in [3.8, 4) is 0 Å². The summed E-state index contributed by atoms with van der Waals surface area (Å²) < 4.78 is 5.71. The highest BCUT2D eigenvalue weighted by Crippen LogP contribution is 2.49. The van der Waals surface area contributed by atoms with Crippen LogP contribution in [0.3, 0.4) is 0 Å². The molecule has 4 atom stereocenters. The summed E-state index contributed by atoms with van der Waals surface area (Å²) in [6, 6.07) is 18.1. The largest absolute Gasteiger partial charge is 0.462 e. The molecular formula is C31H37NO4. The van der Waals surface area contributed by atoms with Crippen LogP contribution < -0.4 is 0 Å². The predicted molar refractivity (Wildman–Crippen MR) is 137 cm³/mol. The molecule has 2 aliphatic carbocycles. The van der Waals surface area contributed by atoms with E-state index in [1.807, 2.05) is 47.4 Å². The number of aliphatic hydroxyl groups is 1. The van der Waals surface area contributed by atoms with Crippen LogP contribution in [0.2, 0.25) is 0 Å². The molecule has 2 heterocycles. The van der Waals surface area contributed by atoms with Crippen LogP contribution in [0.4, 0.5) is 0 Å². The molecule has 0 bridgehead atoms. The third kappa shape index (κ3) is 4.70. The fourth-order valence-corrected chi connectivity index (χ4v) is 6.86. The molecule has 0 aromatic heterocycles. The average Bonchev–Trinajstić information content (AvgIpc) is 3.59. The predicted octanol–water partition coefficient (Wildman–Crippen LogP) is 5.33. The number of hydrogen-bond acceptors (Lipinski definition) is 4. The second-order valence-electron chi connectivity index (χ2n) is 11.8. The van der Waals surface area contributed by atoms with Gasteiger partial charge in [-0.25, -0.2) is 0 Å². The number of aliphatic hydroxyl groups excluding tert-OH is 1. The van der Waals surface area contributed by atoms with E-state index >= 15 is 0 Å². The Morgan fingerprint density at radius 3 is 2.42 bits per heavy atom. The van der Waals surface area contributed by atoms with Gasteiger partial charge in [0, 0.05) is 25.1 Å². The molecule has 36 heavy (non-hydrogen) atoms. The Labute approximate surface area is 213 Å². The summed E-state index contributed by atoms with van der Waals surface area (Å²) in [5.74, 6) is 1.50. The van der Waals surface area contributed by atoms with Crippen molar-refractivity contribution in [2.75, 3.05) is 13.1 Å². The summed E-state index contributed by atoms with van der Waals surface area (Å²) in [5, 5.41) is 10.8. The summed E-state index contributed by atoms with van der Waals surface area (Å²) in [5.41, 5.74) is 2.63. The summed E-state index contributed by atoms with van der Waals surface area (Å²) >= 11 is 0. The molecular weight excluding hydrogens is 450 g/mol. The summed E-state index contributed by atoms with van der Waals surface area (Å²) in [6.45, 7) is 1.25. The van der Waals surface area contributed by atoms with Crippen LogP contribution in [-0.2, 0) is 16.0 Å². The van der Waals surface area contributed by atoms with Crippen molar-refractivity contribution in [2.45, 2.75) is 70.0 Å². The van der Waals surface area contributed by atoms with Crippen molar-refractivity contribution in [3.05, 3.63) is 71.3 Å². The van der Waals surface area contributed by atoms with Gasteiger partial charge in [-0.15, -0.1) is 0 Å². The van der Waals surface area contributed by atoms with Gasteiger partial charge in [-0.05, 0) is 92.4 Å². The molecule has 5 nitrogen and oxygen atoms in total. The molecule has 1 N–H and O–H groups in total. The molecule has 0 radical (unpaired) electrons. The number of likely N-dealkylation sites (tertiary alicyclic amines) is 1. The summed E-state index contributed by atoms with van der Waals surface area (Å²) in [6.07, 6.45) is 8.60. The summed E-state index contributed by atoms with van der Waals surface area (Å²) in [7, 11) is 0. The van der Waals surface area contributed by atoms with E-state index in [2.05, 4.69) is 12.1 Å². The van der Waals surface area contributed by atoms with E-state index < -0.39 is 0 Å². The molecule has 1 unspecified atom stereocenters. The first kappa shape index (κ1) is 23.7. The lowest BCUT2D eigenvalue weighted by Gasteiger charge is -2.36. The van der Waals surface area contributed by atoms with E-state index in [9.17, 15) is 14.7 Å². The minimum absolute atomic E-state index is 0.0266. The van der Waals surface area contributed by atoms with Crippen LogP contribution in [-0.4, -0.2) is 41.1 Å². The number of amides is 1. The molecule has 5 heteroatoms. The SMILES string of the molecule is O=C(c1ccc(C[C@@H]2CC[C@H]([C@H](O)c3ccccc3)C2)cc1)N1CCC2(CC1)CC(C1CC1)OC2=O. The Bertz CT molecular complexity index is 1090. The first-order chi connectivity index (χ1) is 17.5. The van der Waals surface area contributed by atoms with E-state index in [-0.39, 0.29) is 29.5 Å². The van der Waals surface area contributed by atoms with Crippen molar-refractivity contribution in [3.63, 3.8) is 0 Å². The number of ether oxygens (including phenoxy) is 1. The standard InChI is InChI=1S/C31H37NO4/c33-28(24-4-2-1-3-5-24)26-11-8-22(19-26)18-21-6-9-25(10-7-21)29(34)32-16-14-31(15-17-32)20-27(23-12-13-23)36-30(31)35/h1-7,9-10,22-23,26-28,33H,8,11-20H2/t22-,26-,27?,28+/m0/s1. The zero-order valence-corrected chi connectivity index (χ0v) is 21.0. The van der Waals surface area contributed by atoms with Crippen LogP contribution >= 0.6 is 0 Å². The van der Waals surface area contributed by atoms with Crippen LogP contribution in [0.25, 0.3) is 0 Å². The van der Waals surface area contributed by atoms with Crippen molar-refractivity contribution >= 4 is 11.9 Å². The third-order valence-corrected chi connectivity index (χ3v) is 9.33. The first-order valence-electron chi connectivity index (χ1n) is 13.8. The first-order valence-corrected chi connectivity index (χ1v) is 13.8. The molecule has 2 aliphatic heterocycles. The second kappa shape index (κ2) is 9.66. The molecule has 4 aliphatic rings. The Kier molecular flexibility index (Phi) is 6.37. The second-order valence-corrected chi connectivity index (χ2v) is 11.8. The topological polar surface area (TPSA) is 66.8 Å². The smallest absolute Gasteiger partial charge is 0.312 e. The molecule has 2 aromatic rings.